The standard InChI is InChI=1S/C30H38N2O6/c1-4-29-14-7-5-6-8-19-37-28(36)23(29)22-26(34)32(17-11-18-33)25-27(35)31(16-10-15-30(22,25)38-29)24-20(2)12-9-13-21(24)3/h7,9-10,12-15,22-23,25,33H,4-6,8,11,16-19H2,1-3H3/b14-7-/t22-,23+,25?,29-,30-/m0/s1. The summed E-state index contributed by atoms with van der Waals surface area (Å²) in [5.74, 6) is -2.77. The van der Waals surface area contributed by atoms with Crippen LogP contribution in [0.3, 0.4) is 0 Å². The molecular weight excluding hydrogens is 484 g/mol. The highest BCUT2D eigenvalue weighted by Crippen LogP contribution is 2.58. The third-order valence-electron chi connectivity index (χ3n) is 8.65. The SMILES string of the molecule is CC[C@]12/C=C\CCCCOC(=O)[C@H]1[C@H]1C(=O)N(CCCO)C3C(=O)N(c4c(C)cccc4C)CC=C[C@@]31O2. The molecule has 204 valence electrons. The van der Waals surface area contributed by atoms with Gasteiger partial charge in [-0.2, -0.15) is 0 Å². The minimum absolute atomic E-state index is 0.118. The first-order valence-electron chi connectivity index (χ1n) is 13.8. The van der Waals surface area contributed by atoms with E-state index in [1.165, 1.54) is 4.90 Å². The van der Waals surface area contributed by atoms with E-state index in [-0.39, 0.29) is 25.0 Å². The Morgan fingerprint density at radius 3 is 2.50 bits per heavy atom. The number of allylic oxidation sites excluding steroid dienone is 1. The van der Waals surface area contributed by atoms with E-state index in [2.05, 4.69) is 0 Å². The van der Waals surface area contributed by atoms with Gasteiger partial charge < -0.3 is 24.4 Å². The zero-order valence-electron chi connectivity index (χ0n) is 22.5. The van der Waals surface area contributed by atoms with E-state index < -0.39 is 35.0 Å². The van der Waals surface area contributed by atoms with Crippen LogP contribution >= 0.6 is 0 Å². The summed E-state index contributed by atoms with van der Waals surface area (Å²) in [6.45, 7) is 6.58. The number of cyclic esters (lactones) is 1. The molecular formula is C30H38N2O6. The van der Waals surface area contributed by atoms with Gasteiger partial charge in [-0.3, -0.25) is 14.4 Å². The maximum atomic E-state index is 14.5. The fraction of sp³-hybridized carbons (Fsp3) is 0.567. The summed E-state index contributed by atoms with van der Waals surface area (Å²) in [4.78, 5) is 45.7. The molecule has 2 saturated heterocycles. The number of carbonyl (C=O) groups is 3. The first-order chi connectivity index (χ1) is 18.3. The largest absolute Gasteiger partial charge is 0.465 e. The summed E-state index contributed by atoms with van der Waals surface area (Å²) in [5.41, 5.74) is 0.354. The van der Waals surface area contributed by atoms with Crippen molar-refractivity contribution >= 4 is 23.5 Å². The van der Waals surface area contributed by atoms with E-state index in [0.717, 1.165) is 36.1 Å². The molecule has 4 aliphatic heterocycles. The molecule has 1 unspecified atom stereocenters. The number of likely N-dealkylation sites (tertiary alicyclic amines) is 1. The number of rotatable bonds is 5. The van der Waals surface area contributed by atoms with Crippen molar-refractivity contribution in [1.29, 1.82) is 0 Å². The van der Waals surface area contributed by atoms with Gasteiger partial charge in [-0.05, 0) is 57.1 Å². The number of aliphatic hydroxyl groups is 1. The molecule has 8 nitrogen and oxygen atoms in total. The van der Waals surface area contributed by atoms with E-state index in [0.29, 0.717) is 26.0 Å². The number of fused-ring (bicyclic) bond motifs is 2. The molecule has 1 aromatic rings. The molecule has 0 aromatic heterocycles. The van der Waals surface area contributed by atoms with Gasteiger partial charge in [0.05, 0.1) is 12.5 Å². The van der Waals surface area contributed by atoms with Crippen LogP contribution < -0.4 is 4.90 Å². The molecule has 38 heavy (non-hydrogen) atoms. The number of hydrogen-bond acceptors (Lipinski definition) is 6. The van der Waals surface area contributed by atoms with E-state index in [4.69, 9.17) is 9.47 Å². The lowest BCUT2D eigenvalue weighted by atomic mass is 9.73. The smallest absolute Gasteiger partial charge is 0.313 e. The lowest BCUT2D eigenvalue weighted by Crippen LogP contribution is -2.56. The molecule has 2 amide bonds. The number of aliphatic hydroxyl groups excluding tert-OH is 1. The molecule has 0 bridgehead atoms. The van der Waals surface area contributed by atoms with Crippen LogP contribution in [0, 0.1) is 25.7 Å². The van der Waals surface area contributed by atoms with E-state index in [9.17, 15) is 19.5 Å². The zero-order chi connectivity index (χ0) is 27.1. The highest BCUT2D eigenvalue weighted by Gasteiger charge is 2.75. The highest BCUT2D eigenvalue weighted by atomic mass is 16.6. The van der Waals surface area contributed by atoms with Gasteiger partial charge in [0.2, 0.25) is 5.91 Å². The molecule has 8 heteroatoms. The molecule has 4 aliphatic rings. The van der Waals surface area contributed by atoms with Gasteiger partial charge in [0, 0.05) is 25.4 Å². The van der Waals surface area contributed by atoms with Crippen molar-refractivity contribution in [2.24, 2.45) is 11.8 Å². The molecule has 0 aliphatic carbocycles. The molecule has 0 saturated carbocycles. The number of amides is 2. The fourth-order valence-electron chi connectivity index (χ4n) is 6.95. The average molecular weight is 523 g/mol. The van der Waals surface area contributed by atoms with Crippen LogP contribution in [0.5, 0.6) is 0 Å². The minimum Gasteiger partial charge on any atom is -0.465 e. The summed E-state index contributed by atoms with van der Waals surface area (Å²) >= 11 is 0. The van der Waals surface area contributed by atoms with Crippen molar-refractivity contribution in [3.05, 3.63) is 53.6 Å². The number of ether oxygens (including phenoxy) is 2. The van der Waals surface area contributed by atoms with Gasteiger partial charge in [0.1, 0.15) is 23.2 Å². The third kappa shape index (κ3) is 4.00. The fourth-order valence-corrected chi connectivity index (χ4v) is 6.95. The number of para-hydroxylation sites is 1. The number of aryl methyl sites for hydroxylation is 2. The molecule has 1 aromatic carbocycles. The van der Waals surface area contributed by atoms with Crippen molar-refractivity contribution in [3.63, 3.8) is 0 Å². The van der Waals surface area contributed by atoms with Crippen LogP contribution in [0.1, 0.15) is 50.2 Å². The summed E-state index contributed by atoms with van der Waals surface area (Å²) in [6.07, 6.45) is 11.0. The number of benzene rings is 1. The minimum atomic E-state index is -1.33. The quantitative estimate of drug-likeness (QED) is 0.471. The number of carbonyl (C=O) groups excluding carboxylic acids is 3. The Bertz CT molecular complexity index is 1160. The number of esters is 1. The molecule has 5 rings (SSSR count). The van der Waals surface area contributed by atoms with Crippen molar-refractivity contribution in [1.82, 2.24) is 4.90 Å². The first kappa shape index (κ1) is 26.6. The molecule has 1 N–H and O–H groups in total. The topological polar surface area (TPSA) is 96.4 Å². The summed E-state index contributed by atoms with van der Waals surface area (Å²) in [6, 6.07) is 4.94. The Balaban J connectivity index is 1.67. The Kier molecular flexibility index (Phi) is 7.22. The van der Waals surface area contributed by atoms with Crippen LogP contribution in [-0.4, -0.2) is 71.3 Å². The molecule has 4 heterocycles. The lowest BCUT2D eigenvalue weighted by molar-refractivity contribution is -0.160. The predicted octanol–water partition coefficient (Wildman–Crippen LogP) is 3.23. The average Bonchev–Trinajstić information content (AvgIpc) is 3.25. The highest BCUT2D eigenvalue weighted by molar-refractivity contribution is 6.06. The predicted molar refractivity (Wildman–Crippen MR) is 142 cm³/mol. The Morgan fingerprint density at radius 1 is 1.03 bits per heavy atom. The second-order valence-electron chi connectivity index (χ2n) is 10.9. The normalized spacial score (nSPS) is 33.9. The van der Waals surface area contributed by atoms with Crippen LogP contribution in [-0.2, 0) is 23.9 Å². The molecule has 5 atom stereocenters. The maximum Gasteiger partial charge on any atom is 0.313 e. The summed E-state index contributed by atoms with van der Waals surface area (Å²) in [7, 11) is 0. The van der Waals surface area contributed by atoms with Gasteiger partial charge in [0.15, 0.2) is 0 Å². The van der Waals surface area contributed by atoms with Gasteiger partial charge in [-0.1, -0.05) is 49.4 Å². The van der Waals surface area contributed by atoms with Crippen LogP contribution in [0.2, 0.25) is 0 Å². The van der Waals surface area contributed by atoms with Gasteiger partial charge in [0.25, 0.3) is 5.91 Å². The second kappa shape index (κ2) is 10.3. The Labute approximate surface area is 224 Å². The van der Waals surface area contributed by atoms with Crippen molar-refractivity contribution in [2.45, 2.75) is 70.1 Å². The Hall–Kier alpha value is -2.97. The van der Waals surface area contributed by atoms with Gasteiger partial charge >= 0.3 is 5.97 Å². The lowest BCUT2D eigenvalue weighted by Gasteiger charge is -2.39. The molecule has 2 fully saturated rings. The van der Waals surface area contributed by atoms with Crippen molar-refractivity contribution < 1.29 is 29.0 Å². The number of anilines is 1. The summed E-state index contributed by atoms with van der Waals surface area (Å²) in [5, 5.41) is 9.61. The van der Waals surface area contributed by atoms with E-state index in [1.54, 1.807) is 4.90 Å². The molecule has 1 spiro atoms. The number of nitrogens with zero attached hydrogens (tertiary/aromatic N) is 2. The van der Waals surface area contributed by atoms with Crippen LogP contribution in [0.25, 0.3) is 0 Å². The van der Waals surface area contributed by atoms with Crippen LogP contribution in [0.4, 0.5) is 5.69 Å². The van der Waals surface area contributed by atoms with Crippen molar-refractivity contribution in [2.75, 3.05) is 31.2 Å². The molecule has 0 radical (unpaired) electrons. The Morgan fingerprint density at radius 2 is 1.79 bits per heavy atom. The monoisotopic (exact) mass is 522 g/mol. The second-order valence-corrected chi connectivity index (χ2v) is 10.9. The van der Waals surface area contributed by atoms with E-state index >= 15 is 0 Å². The van der Waals surface area contributed by atoms with Crippen molar-refractivity contribution in [3.8, 4) is 0 Å². The first-order valence-corrected chi connectivity index (χ1v) is 13.8. The zero-order valence-corrected chi connectivity index (χ0v) is 22.5. The van der Waals surface area contributed by atoms with Gasteiger partial charge in [-0.25, -0.2) is 0 Å². The number of hydrogen-bond donors (Lipinski definition) is 1. The third-order valence-corrected chi connectivity index (χ3v) is 8.65. The van der Waals surface area contributed by atoms with E-state index in [1.807, 2.05) is 63.3 Å². The van der Waals surface area contributed by atoms with Gasteiger partial charge in [-0.15, -0.1) is 0 Å². The summed E-state index contributed by atoms with van der Waals surface area (Å²) < 4.78 is 12.7. The van der Waals surface area contributed by atoms with Crippen LogP contribution in [0.15, 0.2) is 42.5 Å². The maximum absolute atomic E-state index is 14.5.